The van der Waals surface area contributed by atoms with E-state index in [-0.39, 0.29) is 17.5 Å². The minimum atomic E-state index is -0.383. The highest BCUT2D eigenvalue weighted by Gasteiger charge is 2.21. The number of aryl methyl sites for hydroxylation is 1. The van der Waals surface area contributed by atoms with E-state index in [9.17, 15) is 9.59 Å². The third-order valence-corrected chi connectivity index (χ3v) is 7.79. The van der Waals surface area contributed by atoms with Crippen molar-refractivity contribution >= 4 is 34.9 Å². The molecular weight excluding hydrogens is 504 g/mol. The number of hydrogen-bond donors (Lipinski definition) is 0. The van der Waals surface area contributed by atoms with E-state index in [2.05, 4.69) is 10.2 Å². The van der Waals surface area contributed by atoms with Gasteiger partial charge in [0.1, 0.15) is 0 Å². The molecule has 37 heavy (non-hydrogen) atoms. The lowest BCUT2D eigenvalue weighted by atomic mass is 10.2. The number of ether oxygens (including phenoxy) is 1. The number of benzene rings is 2. The van der Waals surface area contributed by atoms with Crippen LogP contribution in [-0.2, 0) is 4.74 Å². The van der Waals surface area contributed by atoms with Crippen LogP contribution >= 0.6 is 23.1 Å². The van der Waals surface area contributed by atoms with Gasteiger partial charge in [0.2, 0.25) is 0 Å². The van der Waals surface area contributed by atoms with Gasteiger partial charge in [0.15, 0.2) is 16.8 Å². The minimum absolute atomic E-state index is 0.0100. The van der Waals surface area contributed by atoms with E-state index >= 15 is 0 Å². The molecule has 0 saturated heterocycles. The highest BCUT2D eigenvalue weighted by molar-refractivity contribution is 7.99. The number of hydrogen-bond acceptors (Lipinski definition) is 7. The molecule has 0 aliphatic carbocycles. The van der Waals surface area contributed by atoms with E-state index in [1.54, 1.807) is 23.5 Å². The number of rotatable bonds is 8. The fraction of sp³-hybridized carbons (Fsp3) is 0.143. The first-order chi connectivity index (χ1) is 18.0. The molecule has 5 aromatic rings. The summed E-state index contributed by atoms with van der Waals surface area (Å²) < 4.78 is 8.79. The number of thiophene rings is 1. The fourth-order valence-electron chi connectivity index (χ4n) is 4.25. The summed E-state index contributed by atoms with van der Waals surface area (Å²) in [6.07, 6.45) is 0. The van der Waals surface area contributed by atoms with Gasteiger partial charge in [-0.05, 0) is 67.8 Å². The Bertz CT molecular complexity index is 1550. The molecule has 9 heteroatoms. The van der Waals surface area contributed by atoms with Gasteiger partial charge in [-0.2, -0.15) is 0 Å². The van der Waals surface area contributed by atoms with Gasteiger partial charge in [-0.3, -0.25) is 9.36 Å². The number of Topliss-reactive ketones (excluding diaryl/α,β-unsaturated/α-hetero) is 1. The van der Waals surface area contributed by atoms with Crippen molar-refractivity contribution in [2.75, 3.05) is 12.9 Å². The average molecular weight is 529 g/mol. The van der Waals surface area contributed by atoms with Crippen LogP contribution in [0.5, 0.6) is 0 Å². The van der Waals surface area contributed by atoms with E-state index in [4.69, 9.17) is 4.74 Å². The van der Waals surface area contributed by atoms with Gasteiger partial charge < -0.3 is 9.30 Å². The van der Waals surface area contributed by atoms with Crippen molar-refractivity contribution in [1.82, 2.24) is 19.3 Å². The Morgan fingerprint density at radius 2 is 1.65 bits per heavy atom. The number of nitrogens with zero attached hydrogens (tertiary/aromatic N) is 4. The molecule has 0 amide bonds. The van der Waals surface area contributed by atoms with E-state index in [1.807, 2.05) is 89.0 Å². The van der Waals surface area contributed by atoms with Crippen molar-refractivity contribution in [2.24, 2.45) is 0 Å². The highest BCUT2D eigenvalue weighted by Crippen LogP contribution is 2.31. The lowest BCUT2D eigenvalue weighted by Gasteiger charge is -2.11. The summed E-state index contributed by atoms with van der Waals surface area (Å²) in [5, 5.41) is 11.5. The largest absolute Gasteiger partial charge is 0.465 e. The Morgan fingerprint density at radius 1 is 0.919 bits per heavy atom. The molecular formula is C28H24N4O3S2. The predicted octanol–water partition coefficient (Wildman–Crippen LogP) is 6.16. The molecule has 3 heterocycles. The zero-order valence-corrected chi connectivity index (χ0v) is 22.2. The maximum absolute atomic E-state index is 13.4. The standard InChI is InChI=1S/C28H24N4O3S2/c1-18-16-23(19(2)31(18)22-13-11-20(12-14-22)27(34)35-3)24(33)17-37-28-30-29-26(25-10-7-15-36-25)32(28)21-8-5-4-6-9-21/h4-16H,17H2,1-3H3. The lowest BCUT2D eigenvalue weighted by Crippen LogP contribution is -2.07. The van der Waals surface area contributed by atoms with Gasteiger partial charge in [-0.15, -0.1) is 21.5 Å². The van der Waals surface area contributed by atoms with Crippen LogP contribution in [0.25, 0.3) is 22.1 Å². The van der Waals surface area contributed by atoms with E-state index < -0.39 is 0 Å². The number of ketones is 1. The zero-order chi connectivity index (χ0) is 25.9. The topological polar surface area (TPSA) is 79.0 Å². The molecule has 0 atom stereocenters. The molecule has 7 nitrogen and oxygen atoms in total. The van der Waals surface area contributed by atoms with Crippen molar-refractivity contribution in [3.8, 4) is 22.1 Å². The maximum Gasteiger partial charge on any atom is 0.337 e. The minimum Gasteiger partial charge on any atom is -0.465 e. The summed E-state index contributed by atoms with van der Waals surface area (Å²) in [5.41, 5.74) is 4.73. The molecule has 0 aliphatic rings. The zero-order valence-electron chi connectivity index (χ0n) is 20.5. The predicted molar refractivity (Wildman–Crippen MR) is 146 cm³/mol. The second-order valence-electron chi connectivity index (χ2n) is 8.32. The number of esters is 1. The summed E-state index contributed by atoms with van der Waals surface area (Å²) in [7, 11) is 1.36. The molecule has 3 aromatic heterocycles. The Balaban J connectivity index is 1.40. The van der Waals surface area contributed by atoms with Gasteiger partial charge in [0.05, 0.1) is 23.3 Å². The molecule has 0 N–H and O–H groups in total. The first-order valence-electron chi connectivity index (χ1n) is 11.6. The van der Waals surface area contributed by atoms with E-state index in [0.29, 0.717) is 16.3 Å². The van der Waals surface area contributed by atoms with Crippen molar-refractivity contribution < 1.29 is 14.3 Å². The summed E-state index contributed by atoms with van der Waals surface area (Å²) in [6, 6.07) is 23.0. The molecule has 0 radical (unpaired) electrons. The summed E-state index contributed by atoms with van der Waals surface area (Å²) in [6.45, 7) is 3.89. The Morgan fingerprint density at radius 3 is 2.32 bits per heavy atom. The Hall–Kier alpha value is -3.95. The number of carbonyl (C=O) groups is 2. The quantitative estimate of drug-likeness (QED) is 0.136. The molecule has 0 bridgehead atoms. The van der Waals surface area contributed by atoms with Gasteiger partial charge in [0.25, 0.3) is 0 Å². The van der Waals surface area contributed by atoms with Crippen LogP contribution in [0, 0.1) is 13.8 Å². The lowest BCUT2D eigenvalue weighted by molar-refractivity contribution is 0.0600. The Kier molecular flexibility index (Phi) is 7.07. The molecule has 186 valence electrons. The number of carbonyl (C=O) groups excluding carboxylic acids is 2. The van der Waals surface area contributed by atoms with E-state index in [0.717, 1.165) is 33.5 Å². The highest BCUT2D eigenvalue weighted by atomic mass is 32.2. The average Bonchev–Trinajstić information content (AvgIpc) is 3.66. The first kappa shape index (κ1) is 24.7. The summed E-state index contributed by atoms with van der Waals surface area (Å²) in [4.78, 5) is 26.1. The van der Waals surface area contributed by atoms with Crippen molar-refractivity contribution in [3.63, 3.8) is 0 Å². The SMILES string of the molecule is COC(=O)c1ccc(-n2c(C)cc(C(=O)CSc3nnc(-c4cccs4)n3-c3ccccc3)c2C)cc1. The van der Waals surface area contributed by atoms with Crippen LogP contribution in [0.3, 0.4) is 0 Å². The second kappa shape index (κ2) is 10.6. The first-order valence-corrected chi connectivity index (χ1v) is 13.4. The molecule has 0 fully saturated rings. The van der Waals surface area contributed by atoms with Gasteiger partial charge in [-0.1, -0.05) is 36.0 Å². The van der Waals surface area contributed by atoms with Crippen LogP contribution in [0.2, 0.25) is 0 Å². The van der Waals surface area contributed by atoms with Gasteiger partial charge in [0, 0.05) is 28.3 Å². The smallest absolute Gasteiger partial charge is 0.337 e. The molecule has 0 saturated carbocycles. The van der Waals surface area contributed by atoms with E-state index in [1.165, 1.54) is 18.9 Å². The van der Waals surface area contributed by atoms with Gasteiger partial charge >= 0.3 is 5.97 Å². The number of aromatic nitrogens is 4. The summed E-state index contributed by atoms with van der Waals surface area (Å²) in [5.74, 6) is 0.604. The number of methoxy groups -OCH3 is 1. The summed E-state index contributed by atoms with van der Waals surface area (Å²) >= 11 is 2.97. The number of thioether (sulfide) groups is 1. The van der Waals surface area contributed by atoms with Crippen LogP contribution < -0.4 is 0 Å². The molecule has 0 aliphatic heterocycles. The van der Waals surface area contributed by atoms with Crippen LogP contribution in [0.4, 0.5) is 0 Å². The van der Waals surface area contributed by atoms with Crippen LogP contribution in [0.15, 0.2) is 83.3 Å². The normalized spacial score (nSPS) is 11.0. The van der Waals surface area contributed by atoms with Crippen molar-refractivity contribution in [3.05, 3.63) is 101 Å². The monoisotopic (exact) mass is 528 g/mol. The molecule has 5 rings (SSSR count). The molecule has 0 spiro atoms. The van der Waals surface area contributed by atoms with Crippen LogP contribution in [0.1, 0.15) is 32.1 Å². The molecule has 0 unspecified atom stereocenters. The third-order valence-electron chi connectivity index (χ3n) is 6.00. The van der Waals surface area contributed by atoms with Crippen molar-refractivity contribution in [1.29, 1.82) is 0 Å². The third kappa shape index (κ3) is 4.87. The van der Waals surface area contributed by atoms with Crippen LogP contribution in [-0.4, -0.2) is 43.9 Å². The van der Waals surface area contributed by atoms with Gasteiger partial charge in [-0.25, -0.2) is 4.79 Å². The molecule has 2 aromatic carbocycles. The maximum atomic E-state index is 13.4. The second-order valence-corrected chi connectivity index (χ2v) is 10.2. The number of para-hydroxylation sites is 1. The van der Waals surface area contributed by atoms with Crippen molar-refractivity contribution in [2.45, 2.75) is 19.0 Å². The fourth-order valence-corrected chi connectivity index (χ4v) is 5.79. The Labute approximate surface area is 222 Å².